The van der Waals surface area contributed by atoms with Crippen LogP contribution in [0.3, 0.4) is 0 Å². The van der Waals surface area contributed by atoms with Crippen molar-refractivity contribution in [3.05, 3.63) is 33.4 Å². The van der Waals surface area contributed by atoms with E-state index in [0.717, 1.165) is 112 Å². The van der Waals surface area contributed by atoms with Gasteiger partial charge in [-0.05, 0) is 139 Å². The van der Waals surface area contributed by atoms with Gasteiger partial charge in [-0.3, -0.25) is 9.59 Å². The van der Waals surface area contributed by atoms with Crippen LogP contribution < -0.4 is 15.1 Å². The average molecular weight is 853 g/mol. The maximum atomic E-state index is 13.9. The van der Waals surface area contributed by atoms with Crippen LogP contribution >= 0.6 is 0 Å². The molecule has 3 aliphatic carbocycles. The van der Waals surface area contributed by atoms with Crippen LogP contribution in [0, 0.1) is 35.1 Å². The van der Waals surface area contributed by atoms with Crippen LogP contribution in [0.2, 0.25) is 75.5 Å². The highest BCUT2D eigenvalue weighted by Gasteiger charge is 2.48. The van der Waals surface area contributed by atoms with Crippen LogP contribution in [0.25, 0.3) is 5.57 Å². The van der Waals surface area contributed by atoms with Gasteiger partial charge >= 0.3 is 0 Å². The quantitative estimate of drug-likeness (QED) is 0.119. The van der Waals surface area contributed by atoms with Crippen molar-refractivity contribution in [2.45, 2.75) is 194 Å². The highest BCUT2D eigenvalue weighted by atomic mass is 28.4. The second kappa shape index (κ2) is 18.5. The predicted octanol–water partition coefficient (Wildman–Crippen LogP) is 11.9. The number of fused-ring (bicyclic) bond motifs is 3. The standard InChI is InChI=1S/2C25H38O2Si2/c1-25(2,3)29(7,8)24-20-19(16-12-9-10-13-17(16)21(20)26)23(28(4,5)6)18-14-11-15-27-22(18)24;1-25(2,3)29(7,8)27-20-15-11-9-10-12-18-24(26)23-17-14-13-16-22(23)19-21-28(4,5)6/h9-15H2,1-8H3;11,13-17,20H2,1-8H3. The second-order valence-corrected chi connectivity index (χ2v) is 41.9. The SMILES string of the molecule is CC(C)(C)[Si](C)(C)OCCCC#CC#CC(=O)C1=C(C#C[Si](C)(C)C)CCCC1.CC(C)(C)[Si](C)(C)c1c2c(c([Si](C)(C)C)c3c1C(=O)C1=C3CCCC1)CCCO2. The molecule has 1 aromatic carbocycles. The Hall–Kier alpha value is -2.65. The van der Waals surface area contributed by atoms with Gasteiger partial charge in [0, 0.05) is 35.3 Å². The monoisotopic (exact) mass is 852 g/mol. The number of unbranched alkanes of at least 4 members (excludes halogenated alkanes) is 1. The van der Waals surface area contributed by atoms with Gasteiger partial charge in [0.1, 0.15) is 13.8 Å². The molecule has 4 nitrogen and oxygen atoms in total. The third-order valence-corrected chi connectivity index (χ3v) is 26.2. The van der Waals surface area contributed by atoms with Gasteiger partial charge in [0.2, 0.25) is 5.78 Å². The highest BCUT2D eigenvalue weighted by molar-refractivity contribution is 6.94. The summed E-state index contributed by atoms with van der Waals surface area (Å²) in [5.41, 5.74) is 11.7. The lowest BCUT2D eigenvalue weighted by molar-refractivity contribution is -0.110. The molecule has 0 unspecified atom stereocenters. The average Bonchev–Trinajstić information content (AvgIpc) is 3.40. The number of carbonyl (C=O) groups is 2. The molecule has 0 aromatic heterocycles. The molecule has 0 fully saturated rings. The van der Waals surface area contributed by atoms with Crippen molar-refractivity contribution < 1.29 is 18.8 Å². The van der Waals surface area contributed by atoms with E-state index in [9.17, 15) is 9.59 Å². The zero-order chi connectivity index (χ0) is 43.5. The van der Waals surface area contributed by atoms with Gasteiger partial charge in [-0.25, -0.2) is 0 Å². The third kappa shape index (κ3) is 11.2. The molecular weight excluding hydrogens is 777 g/mol. The lowest BCUT2D eigenvalue weighted by atomic mass is 9.90. The summed E-state index contributed by atoms with van der Waals surface area (Å²) in [6.07, 6.45) is 12.1. The molecule has 0 saturated carbocycles. The van der Waals surface area contributed by atoms with Crippen LogP contribution in [-0.2, 0) is 15.6 Å². The van der Waals surface area contributed by atoms with Gasteiger partial charge in [-0.15, -0.1) is 5.54 Å². The first kappa shape index (κ1) is 48.0. The Morgan fingerprint density at radius 2 is 1.34 bits per heavy atom. The first-order valence-electron chi connectivity index (χ1n) is 22.3. The van der Waals surface area contributed by atoms with Gasteiger partial charge in [0.05, 0.1) is 22.8 Å². The maximum absolute atomic E-state index is 13.9. The minimum Gasteiger partial charge on any atom is -0.493 e. The number of carbonyl (C=O) groups excluding carboxylic acids is 2. The molecule has 0 atom stereocenters. The maximum Gasteiger partial charge on any atom is 0.233 e. The lowest BCUT2D eigenvalue weighted by Gasteiger charge is -2.42. The smallest absolute Gasteiger partial charge is 0.233 e. The molecular formula is C50H76O4Si4. The number of benzene rings is 1. The summed E-state index contributed by atoms with van der Waals surface area (Å²) >= 11 is 0. The van der Waals surface area contributed by atoms with Crippen LogP contribution in [0.5, 0.6) is 5.75 Å². The molecule has 4 aliphatic rings. The van der Waals surface area contributed by atoms with Crippen molar-refractivity contribution in [3.8, 4) is 40.9 Å². The molecule has 0 bridgehead atoms. The molecule has 5 rings (SSSR count). The van der Waals surface area contributed by atoms with Crippen molar-refractivity contribution in [2.24, 2.45) is 0 Å². The fourth-order valence-corrected chi connectivity index (χ4v) is 14.2. The Morgan fingerprint density at radius 1 is 0.724 bits per heavy atom. The number of allylic oxidation sites excluding steroid dienone is 4. The molecule has 0 saturated heterocycles. The zero-order valence-corrected chi connectivity index (χ0v) is 43.5. The zero-order valence-electron chi connectivity index (χ0n) is 39.5. The predicted molar refractivity (Wildman–Crippen MR) is 259 cm³/mol. The summed E-state index contributed by atoms with van der Waals surface area (Å²) < 4.78 is 12.6. The van der Waals surface area contributed by atoms with E-state index in [-0.39, 0.29) is 15.9 Å². The Labute approximate surface area is 358 Å². The summed E-state index contributed by atoms with van der Waals surface area (Å²) in [7, 11) is -6.74. The fourth-order valence-electron chi connectivity index (χ4n) is 8.04. The fraction of sp³-hybridized carbons (Fsp3) is 0.640. The number of rotatable bonds is 7. The molecule has 8 heteroatoms. The van der Waals surface area contributed by atoms with Gasteiger partial charge in [0.15, 0.2) is 14.1 Å². The van der Waals surface area contributed by atoms with Crippen molar-refractivity contribution >= 4 is 60.1 Å². The van der Waals surface area contributed by atoms with Crippen molar-refractivity contribution in [3.63, 3.8) is 0 Å². The molecule has 0 amide bonds. The van der Waals surface area contributed by atoms with Gasteiger partial charge in [0.25, 0.3) is 0 Å². The molecule has 1 heterocycles. The molecule has 1 aromatic rings. The van der Waals surface area contributed by atoms with Crippen molar-refractivity contribution in [1.82, 2.24) is 0 Å². The van der Waals surface area contributed by atoms with Gasteiger partial charge < -0.3 is 9.16 Å². The second-order valence-electron chi connectivity index (χ2n) is 22.1. The largest absolute Gasteiger partial charge is 0.493 e. The summed E-state index contributed by atoms with van der Waals surface area (Å²) in [5, 5.41) is 3.29. The molecule has 1 aliphatic heterocycles. The van der Waals surface area contributed by atoms with Crippen LogP contribution in [0.4, 0.5) is 0 Å². The van der Waals surface area contributed by atoms with E-state index < -0.39 is 32.5 Å². The van der Waals surface area contributed by atoms with Crippen molar-refractivity contribution in [1.29, 1.82) is 0 Å². The minimum absolute atomic E-state index is 0.0971. The Kier molecular flexibility index (Phi) is 15.3. The number of hydrogen-bond donors (Lipinski definition) is 0. The summed E-state index contributed by atoms with van der Waals surface area (Å²) in [6, 6.07) is 0. The molecule has 0 spiro atoms. The topological polar surface area (TPSA) is 52.6 Å². The number of ether oxygens (including phenoxy) is 1. The van der Waals surface area contributed by atoms with Crippen LogP contribution in [0.1, 0.15) is 134 Å². The van der Waals surface area contributed by atoms with E-state index in [1.165, 1.54) is 28.3 Å². The Morgan fingerprint density at radius 3 is 1.95 bits per heavy atom. The van der Waals surface area contributed by atoms with Gasteiger partial charge in [-0.1, -0.05) is 106 Å². The Balaban J connectivity index is 0.000000257. The molecule has 58 heavy (non-hydrogen) atoms. The van der Waals surface area contributed by atoms with E-state index in [1.54, 1.807) is 5.19 Å². The van der Waals surface area contributed by atoms with E-state index in [2.05, 4.69) is 142 Å². The first-order valence-corrected chi connectivity index (χ1v) is 35.2. The number of Topliss-reactive ketones (excluding diaryl/α,β-unsaturated/α-hetero) is 2. The van der Waals surface area contributed by atoms with Crippen molar-refractivity contribution in [2.75, 3.05) is 13.2 Å². The number of ketones is 2. The summed E-state index contributed by atoms with van der Waals surface area (Å²) in [6.45, 7) is 38.8. The molecule has 0 radical (unpaired) electrons. The minimum atomic E-state index is -1.96. The normalized spacial score (nSPS) is 17.2. The Bertz CT molecular complexity index is 2020. The van der Waals surface area contributed by atoms with Crippen LogP contribution in [0.15, 0.2) is 16.7 Å². The lowest BCUT2D eigenvalue weighted by Crippen LogP contribution is -2.55. The third-order valence-electron chi connectivity index (χ3n) is 13.3. The molecule has 0 N–H and O–H groups in total. The molecule has 316 valence electrons. The van der Waals surface area contributed by atoms with E-state index in [0.29, 0.717) is 5.78 Å². The van der Waals surface area contributed by atoms with E-state index >= 15 is 0 Å². The summed E-state index contributed by atoms with van der Waals surface area (Å²) in [5.74, 6) is 16.0. The number of hydrogen-bond acceptors (Lipinski definition) is 4. The highest BCUT2D eigenvalue weighted by Crippen LogP contribution is 2.47. The first-order chi connectivity index (χ1) is 26.7. The van der Waals surface area contributed by atoms with Crippen LogP contribution in [-0.4, -0.2) is 57.3 Å². The van der Waals surface area contributed by atoms with Gasteiger partial charge in [-0.2, -0.15) is 0 Å². The van der Waals surface area contributed by atoms with E-state index in [1.807, 2.05) is 0 Å². The summed E-state index contributed by atoms with van der Waals surface area (Å²) in [4.78, 5) is 26.4. The van der Waals surface area contributed by atoms with E-state index in [4.69, 9.17) is 9.16 Å².